The van der Waals surface area contributed by atoms with Crippen molar-refractivity contribution >= 4 is 11.7 Å². The van der Waals surface area contributed by atoms with Crippen molar-refractivity contribution in [1.29, 1.82) is 0 Å². The lowest BCUT2D eigenvalue weighted by atomic mass is 9.97. The summed E-state index contributed by atoms with van der Waals surface area (Å²) in [4.78, 5) is 14.3. The summed E-state index contributed by atoms with van der Waals surface area (Å²) in [6.07, 6.45) is 1.99. The van der Waals surface area contributed by atoms with E-state index in [1.807, 2.05) is 32.2 Å². The van der Waals surface area contributed by atoms with Crippen LogP contribution in [0.15, 0.2) is 36.5 Å². The molecule has 3 rings (SSSR count). The van der Waals surface area contributed by atoms with Gasteiger partial charge in [-0.25, -0.2) is 13.6 Å². The van der Waals surface area contributed by atoms with E-state index in [2.05, 4.69) is 9.88 Å². The molecule has 1 aliphatic rings. The maximum Gasteiger partial charge on any atom is 0.322 e. The van der Waals surface area contributed by atoms with Crippen LogP contribution >= 0.6 is 0 Å². The molecule has 0 spiro atoms. The molecule has 1 aromatic carbocycles. The number of carbonyl (C=O) groups excluding carboxylic acids is 1. The number of amides is 2. The number of rotatable bonds is 2. The molecule has 6 heteroatoms. The second kappa shape index (κ2) is 6.02. The molecule has 0 aliphatic carbocycles. The van der Waals surface area contributed by atoms with E-state index in [1.165, 1.54) is 0 Å². The highest BCUT2D eigenvalue weighted by Gasteiger charge is 2.33. The number of benzene rings is 1. The first kappa shape index (κ1) is 15.5. The molecule has 0 unspecified atom stereocenters. The third-order valence-electron chi connectivity index (χ3n) is 4.15. The first-order valence-corrected chi connectivity index (χ1v) is 7.65. The Bertz CT molecular complexity index is 726. The van der Waals surface area contributed by atoms with E-state index < -0.39 is 17.7 Å². The van der Waals surface area contributed by atoms with Crippen molar-refractivity contribution in [3.8, 4) is 0 Å². The molecule has 0 fully saturated rings. The standard InChI is InChI=1S/C17H19F2N3O/c1-11(2)16-15-4-3-7-21(15)8-9-22(16)17(23)20-14-10-12(18)5-6-13(14)19/h3-7,10-11,16H,8-9H2,1-2H3,(H,20,23)/t16-/m1/s1. The average Bonchev–Trinajstić information content (AvgIpc) is 2.98. The molecule has 2 amide bonds. The summed E-state index contributed by atoms with van der Waals surface area (Å²) in [5, 5.41) is 2.49. The van der Waals surface area contributed by atoms with Crippen LogP contribution in [0.1, 0.15) is 25.6 Å². The highest BCUT2D eigenvalue weighted by Crippen LogP contribution is 2.32. The smallest absolute Gasteiger partial charge is 0.322 e. The molecular weight excluding hydrogens is 300 g/mol. The molecule has 1 aliphatic heterocycles. The molecule has 2 heterocycles. The minimum Gasteiger partial charge on any atom is -0.348 e. The topological polar surface area (TPSA) is 37.3 Å². The monoisotopic (exact) mass is 319 g/mol. The Morgan fingerprint density at radius 2 is 2.04 bits per heavy atom. The number of hydrogen-bond donors (Lipinski definition) is 1. The minimum atomic E-state index is -0.652. The van der Waals surface area contributed by atoms with Crippen LogP contribution in [0.4, 0.5) is 19.3 Å². The molecule has 2 aromatic rings. The zero-order valence-corrected chi connectivity index (χ0v) is 13.1. The Labute approximate surface area is 133 Å². The van der Waals surface area contributed by atoms with Gasteiger partial charge >= 0.3 is 6.03 Å². The summed E-state index contributed by atoms with van der Waals surface area (Å²) in [6.45, 7) is 5.28. The van der Waals surface area contributed by atoms with E-state index in [9.17, 15) is 13.6 Å². The van der Waals surface area contributed by atoms with E-state index in [1.54, 1.807) is 4.90 Å². The van der Waals surface area contributed by atoms with Gasteiger partial charge in [-0.05, 0) is 30.2 Å². The van der Waals surface area contributed by atoms with Gasteiger partial charge in [0, 0.05) is 31.0 Å². The molecule has 0 radical (unpaired) electrons. The summed E-state index contributed by atoms with van der Waals surface area (Å²) in [5.41, 5.74) is 0.916. The van der Waals surface area contributed by atoms with Crippen molar-refractivity contribution < 1.29 is 13.6 Å². The number of hydrogen-bond acceptors (Lipinski definition) is 1. The lowest BCUT2D eigenvalue weighted by molar-refractivity contribution is 0.143. The van der Waals surface area contributed by atoms with Gasteiger partial charge in [0.25, 0.3) is 0 Å². The van der Waals surface area contributed by atoms with E-state index >= 15 is 0 Å². The number of anilines is 1. The zero-order chi connectivity index (χ0) is 16.6. The van der Waals surface area contributed by atoms with Crippen LogP contribution < -0.4 is 5.32 Å². The van der Waals surface area contributed by atoms with Gasteiger partial charge in [-0.15, -0.1) is 0 Å². The van der Waals surface area contributed by atoms with Gasteiger partial charge in [-0.2, -0.15) is 0 Å². The largest absolute Gasteiger partial charge is 0.348 e. The van der Waals surface area contributed by atoms with Crippen LogP contribution in [0.3, 0.4) is 0 Å². The normalized spacial score (nSPS) is 17.3. The van der Waals surface area contributed by atoms with Crippen LogP contribution in [0.25, 0.3) is 0 Å². The second-order valence-corrected chi connectivity index (χ2v) is 6.06. The van der Waals surface area contributed by atoms with E-state index in [0.29, 0.717) is 13.1 Å². The fraction of sp³-hybridized carbons (Fsp3) is 0.353. The van der Waals surface area contributed by atoms with E-state index in [0.717, 1.165) is 23.9 Å². The number of nitrogens with one attached hydrogen (secondary N) is 1. The zero-order valence-electron chi connectivity index (χ0n) is 13.1. The average molecular weight is 319 g/mol. The Morgan fingerprint density at radius 1 is 1.26 bits per heavy atom. The predicted molar refractivity (Wildman–Crippen MR) is 84.1 cm³/mol. The van der Waals surface area contributed by atoms with Crippen molar-refractivity contribution in [1.82, 2.24) is 9.47 Å². The number of urea groups is 1. The van der Waals surface area contributed by atoms with Gasteiger partial charge < -0.3 is 14.8 Å². The molecule has 0 saturated carbocycles. The fourth-order valence-electron chi connectivity index (χ4n) is 3.12. The van der Waals surface area contributed by atoms with Crippen LogP contribution in [-0.4, -0.2) is 22.0 Å². The number of fused-ring (bicyclic) bond motifs is 1. The lowest BCUT2D eigenvalue weighted by Crippen LogP contribution is -2.45. The number of carbonyl (C=O) groups is 1. The summed E-state index contributed by atoms with van der Waals surface area (Å²) in [7, 11) is 0. The van der Waals surface area contributed by atoms with Crippen molar-refractivity contribution in [2.75, 3.05) is 11.9 Å². The van der Waals surface area contributed by atoms with Crippen molar-refractivity contribution in [3.05, 3.63) is 53.9 Å². The third kappa shape index (κ3) is 2.93. The molecular formula is C17H19F2N3O. The summed E-state index contributed by atoms with van der Waals surface area (Å²) < 4.78 is 29.1. The van der Waals surface area contributed by atoms with E-state index in [4.69, 9.17) is 0 Å². The minimum absolute atomic E-state index is 0.102. The Hall–Kier alpha value is -2.37. The molecule has 1 N–H and O–H groups in total. The van der Waals surface area contributed by atoms with Gasteiger partial charge in [0.1, 0.15) is 11.6 Å². The highest BCUT2D eigenvalue weighted by atomic mass is 19.1. The maximum absolute atomic E-state index is 13.7. The molecule has 23 heavy (non-hydrogen) atoms. The van der Waals surface area contributed by atoms with Crippen LogP contribution in [0.5, 0.6) is 0 Å². The Kier molecular flexibility index (Phi) is 4.07. The van der Waals surface area contributed by atoms with Gasteiger partial charge in [0.2, 0.25) is 0 Å². The van der Waals surface area contributed by atoms with Gasteiger partial charge in [0.05, 0.1) is 11.7 Å². The second-order valence-electron chi connectivity index (χ2n) is 6.06. The van der Waals surface area contributed by atoms with E-state index in [-0.39, 0.29) is 17.6 Å². The summed E-state index contributed by atoms with van der Waals surface area (Å²) >= 11 is 0. The molecule has 4 nitrogen and oxygen atoms in total. The molecule has 122 valence electrons. The molecule has 0 saturated heterocycles. The van der Waals surface area contributed by atoms with Crippen LogP contribution in [0.2, 0.25) is 0 Å². The third-order valence-corrected chi connectivity index (χ3v) is 4.15. The van der Waals surface area contributed by atoms with Crippen LogP contribution in [0, 0.1) is 17.6 Å². The number of nitrogens with zero attached hydrogens (tertiary/aromatic N) is 2. The Morgan fingerprint density at radius 3 is 2.78 bits per heavy atom. The number of aromatic nitrogens is 1. The number of halogens is 2. The highest BCUT2D eigenvalue weighted by molar-refractivity contribution is 5.89. The summed E-state index contributed by atoms with van der Waals surface area (Å²) in [5.74, 6) is -1.04. The van der Waals surface area contributed by atoms with Crippen molar-refractivity contribution in [3.63, 3.8) is 0 Å². The molecule has 0 bridgehead atoms. The molecule has 1 atom stereocenters. The predicted octanol–water partition coefficient (Wildman–Crippen LogP) is 4.01. The fourth-order valence-corrected chi connectivity index (χ4v) is 3.12. The SMILES string of the molecule is CC(C)[C@@H]1c2cccn2CCN1C(=O)Nc1cc(F)ccc1F. The van der Waals surface area contributed by atoms with Gasteiger partial charge in [-0.3, -0.25) is 0 Å². The first-order valence-electron chi connectivity index (χ1n) is 7.65. The van der Waals surface area contributed by atoms with Crippen molar-refractivity contribution in [2.45, 2.75) is 26.4 Å². The quantitative estimate of drug-likeness (QED) is 0.892. The van der Waals surface area contributed by atoms with Crippen LogP contribution in [-0.2, 0) is 6.54 Å². The summed E-state index contributed by atoms with van der Waals surface area (Å²) in [6, 6.07) is 6.45. The Balaban J connectivity index is 1.85. The lowest BCUT2D eigenvalue weighted by Gasteiger charge is -2.39. The van der Waals surface area contributed by atoms with Gasteiger partial charge in [0.15, 0.2) is 0 Å². The maximum atomic E-state index is 13.7. The molecule has 1 aromatic heterocycles. The van der Waals surface area contributed by atoms with Gasteiger partial charge in [-0.1, -0.05) is 13.8 Å². The first-order chi connectivity index (χ1) is 11.0. The van der Waals surface area contributed by atoms with Crippen molar-refractivity contribution in [2.24, 2.45) is 5.92 Å².